The second-order valence-corrected chi connectivity index (χ2v) is 13.1. The Morgan fingerprint density at radius 3 is 2.15 bits per heavy atom. The van der Waals surface area contributed by atoms with E-state index in [0.29, 0.717) is 26.2 Å². The molecule has 2 aromatic carbocycles. The molecule has 2 fully saturated rings. The fourth-order valence-electron chi connectivity index (χ4n) is 4.39. The lowest BCUT2D eigenvalue weighted by Crippen LogP contribution is -2.48. The second kappa shape index (κ2) is 8.95. The van der Waals surface area contributed by atoms with Gasteiger partial charge in [-0.3, -0.25) is 0 Å². The summed E-state index contributed by atoms with van der Waals surface area (Å²) in [7, 11) is -7.35. The summed E-state index contributed by atoms with van der Waals surface area (Å²) in [5.74, 6) is 0. The topological polar surface area (TPSA) is 99.7 Å². The van der Waals surface area contributed by atoms with Crippen molar-refractivity contribution in [1.29, 1.82) is 0 Å². The van der Waals surface area contributed by atoms with Gasteiger partial charge in [-0.15, -0.1) is 0 Å². The van der Waals surface area contributed by atoms with Crippen LogP contribution in [0.5, 0.6) is 0 Å². The lowest BCUT2D eigenvalue weighted by molar-refractivity contribution is 0.385. The minimum absolute atomic E-state index is 0.0369. The molecular weight excluding hydrogens is 480 g/mol. The van der Waals surface area contributed by atoms with Crippen LogP contribution in [0.1, 0.15) is 25.7 Å². The summed E-state index contributed by atoms with van der Waals surface area (Å²) in [5.41, 5.74) is 0.949. The number of nitrogens with zero attached hydrogens (tertiary/aromatic N) is 3. The van der Waals surface area contributed by atoms with Crippen LogP contribution in [0.15, 0.2) is 58.3 Å². The highest BCUT2D eigenvalue weighted by Gasteiger charge is 2.30. The van der Waals surface area contributed by atoms with Crippen LogP contribution in [0.4, 0.5) is 5.13 Å². The van der Waals surface area contributed by atoms with Crippen LogP contribution in [0.3, 0.4) is 0 Å². The Kier molecular flexibility index (Phi) is 6.17. The number of nitrogens with one attached hydrogen (secondary N) is 1. The van der Waals surface area contributed by atoms with Gasteiger partial charge in [-0.25, -0.2) is 26.5 Å². The molecule has 1 aromatic heterocycles. The molecule has 2 aliphatic rings. The zero-order chi connectivity index (χ0) is 23.1. The van der Waals surface area contributed by atoms with Crippen molar-refractivity contribution in [3.8, 4) is 0 Å². The lowest BCUT2D eigenvalue weighted by Gasteiger charge is -2.33. The van der Waals surface area contributed by atoms with E-state index in [1.807, 2.05) is 24.3 Å². The van der Waals surface area contributed by atoms with E-state index in [1.54, 1.807) is 11.3 Å². The number of piperazine rings is 1. The maximum absolute atomic E-state index is 13.1. The van der Waals surface area contributed by atoms with E-state index in [4.69, 9.17) is 0 Å². The van der Waals surface area contributed by atoms with Gasteiger partial charge in [0.05, 0.1) is 20.0 Å². The van der Waals surface area contributed by atoms with Crippen molar-refractivity contribution in [2.24, 2.45) is 0 Å². The van der Waals surface area contributed by atoms with Gasteiger partial charge in [0.25, 0.3) is 0 Å². The van der Waals surface area contributed by atoms with Crippen molar-refractivity contribution in [2.45, 2.75) is 41.5 Å². The molecule has 0 bridgehead atoms. The van der Waals surface area contributed by atoms with Crippen LogP contribution in [-0.2, 0) is 20.0 Å². The number of thiazole rings is 1. The van der Waals surface area contributed by atoms with Crippen molar-refractivity contribution in [3.63, 3.8) is 0 Å². The van der Waals surface area contributed by atoms with Crippen molar-refractivity contribution in [1.82, 2.24) is 14.0 Å². The standard InChI is InChI=1S/C22H26N4O4S3/c27-32(28,24-17-5-1-2-6-17)18-9-11-19(12-10-18)33(29,30)26-15-13-25(14-16-26)22-23-20-7-3-4-8-21(20)31-22/h3-4,7-12,17,24H,1-2,5-6,13-16H2. The molecule has 8 nitrogen and oxygen atoms in total. The van der Waals surface area contributed by atoms with Crippen LogP contribution in [0, 0.1) is 0 Å². The molecule has 0 radical (unpaired) electrons. The largest absolute Gasteiger partial charge is 0.345 e. The van der Waals surface area contributed by atoms with E-state index in [-0.39, 0.29) is 15.8 Å². The summed E-state index contributed by atoms with van der Waals surface area (Å²) in [6, 6.07) is 13.4. The van der Waals surface area contributed by atoms with Crippen molar-refractivity contribution < 1.29 is 16.8 Å². The van der Waals surface area contributed by atoms with Crippen molar-refractivity contribution in [2.75, 3.05) is 31.1 Å². The smallest absolute Gasteiger partial charge is 0.243 e. The molecular formula is C22H26N4O4S3. The Balaban J connectivity index is 1.26. The van der Waals surface area contributed by atoms with E-state index in [2.05, 4.69) is 14.6 Å². The number of rotatable bonds is 6. The first-order valence-corrected chi connectivity index (χ1v) is 14.8. The first-order chi connectivity index (χ1) is 15.8. The highest BCUT2D eigenvalue weighted by molar-refractivity contribution is 7.89. The molecule has 11 heteroatoms. The molecule has 0 spiro atoms. The molecule has 176 valence electrons. The normalized spacial score (nSPS) is 18.8. The minimum atomic E-state index is -3.70. The van der Waals surface area contributed by atoms with Crippen LogP contribution in [0.2, 0.25) is 0 Å². The SMILES string of the molecule is O=S(=O)(NC1CCCC1)c1ccc(S(=O)(=O)N2CCN(c3nc4ccccc4s3)CC2)cc1. The highest BCUT2D eigenvalue weighted by Crippen LogP contribution is 2.30. The number of hydrogen-bond donors (Lipinski definition) is 1. The van der Waals surface area contributed by atoms with E-state index in [9.17, 15) is 16.8 Å². The maximum Gasteiger partial charge on any atom is 0.243 e. The van der Waals surface area contributed by atoms with Gasteiger partial charge >= 0.3 is 0 Å². The third kappa shape index (κ3) is 4.65. The number of aromatic nitrogens is 1. The van der Waals surface area contributed by atoms with Crippen LogP contribution in [0.25, 0.3) is 10.2 Å². The van der Waals surface area contributed by atoms with E-state index < -0.39 is 20.0 Å². The molecule has 1 N–H and O–H groups in total. The Morgan fingerprint density at radius 1 is 0.848 bits per heavy atom. The van der Waals surface area contributed by atoms with Gasteiger partial charge < -0.3 is 4.90 Å². The maximum atomic E-state index is 13.1. The summed E-state index contributed by atoms with van der Waals surface area (Å²) in [6.07, 6.45) is 3.73. The number of fused-ring (bicyclic) bond motifs is 1. The highest BCUT2D eigenvalue weighted by atomic mass is 32.2. The van der Waals surface area contributed by atoms with Gasteiger partial charge in [0.1, 0.15) is 0 Å². The van der Waals surface area contributed by atoms with Gasteiger partial charge in [0, 0.05) is 32.2 Å². The Morgan fingerprint density at radius 2 is 1.48 bits per heavy atom. The Labute approximate surface area is 198 Å². The molecule has 1 saturated heterocycles. The Bertz CT molecular complexity index is 1310. The Hall–Kier alpha value is -2.05. The molecule has 0 amide bonds. The number of sulfonamides is 2. The van der Waals surface area contributed by atoms with Gasteiger partial charge in [0.15, 0.2) is 5.13 Å². The average Bonchev–Trinajstić information content (AvgIpc) is 3.48. The number of para-hydroxylation sites is 1. The number of benzene rings is 2. The third-order valence-corrected chi connectivity index (χ3v) is 10.8. The number of hydrogen-bond acceptors (Lipinski definition) is 7. The third-order valence-electron chi connectivity index (χ3n) is 6.24. The van der Waals surface area contributed by atoms with Crippen molar-refractivity contribution >= 4 is 46.7 Å². The molecule has 0 unspecified atom stereocenters. The summed E-state index contributed by atoms with van der Waals surface area (Å²) < 4.78 is 56.8. The molecule has 1 saturated carbocycles. The summed E-state index contributed by atoms with van der Waals surface area (Å²) in [5, 5.41) is 0.901. The van der Waals surface area contributed by atoms with Crippen LogP contribution >= 0.6 is 11.3 Å². The molecule has 2 heterocycles. The first kappa shape index (κ1) is 22.7. The van der Waals surface area contributed by atoms with E-state index >= 15 is 0 Å². The molecule has 33 heavy (non-hydrogen) atoms. The van der Waals surface area contributed by atoms with Crippen molar-refractivity contribution in [3.05, 3.63) is 48.5 Å². The number of anilines is 1. The molecule has 5 rings (SSSR count). The molecule has 1 aliphatic heterocycles. The fourth-order valence-corrected chi connectivity index (χ4v) is 8.13. The quantitative estimate of drug-likeness (QED) is 0.552. The van der Waals surface area contributed by atoms with Gasteiger partial charge in [0.2, 0.25) is 20.0 Å². The molecule has 0 atom stereocenters. The van der Waals surface area contributed by atoms with E-state index in [0.717, 1.165) is 41.0 Å². The zero-order valence-corrected chi connectivity index (χ0v) is 20.5. The second-order valence-electron chi connectivity index (χ2n) is 8.43. The fraction of sp³-hybridized carbons (Fsp3) is 0.409. The average molecular weight is 507 g/mol. The van der Waals surface area contributed by atoms with Gasteiger partial charge in [-0.1, -0.05) is 36.3 Å². The summed E-state index contributed by atoms with van der Waals surface area (Å²) >= 11 is 1.61. The summed E-state index contributed by atoms with van der Waals surface area (Å²) in [6.45, 7) is 1.80. The minimum Gasteiger partial charge on any atom is -0.345 e. The summed E-state index contributed by atoms with van der Waals surface area (Å²) in [4.78, 5) is 6.98. The molecule has 3 aromatic rings. The van der Waals surface area contributed by atoms with Crippen LogP contribution < -0.4 is 9.62 Å². The monoisotopic (exact) mass is 506 g/mol. The van der Waals surface area contributed by atoms with Crippen LogP contribution in [-0.4, -0.2) is 58.3 Å². The molecule has 1 aliphatic carbocycles. The van der Waals surface area contributed by atoms with Gasteiger partial charge in [-0.2, -0.15) is 4.31 Å². The zero-order valence-electron chi connectivity index (χ0n) is 18.1. The van der Waals surface area contributed by atoms with E-state index in [1.165, 1.54) is 28.6 Å². The van der Waals surface area contributed by atoms with Gasteiger partial charge in [-0.05, 0) is 49.2 Å². The lowest BCUT2D eigenvalue weighted by atomic mass is 10.3. The predicted octanol–water partition coefficient (Wildman–Crippen LogP) is 3.03. The first-order valence-electron chi connectivity index (χ1n) is 11.1. The predicted molar refractivity (Wildman–Crippen MR) is 130 cm³/mol.